The quantitative estimate of drug-likeness (QED) is 0.821. The molecular weight excluding hydrogens is 290 g/mol. The van der Waals surface area contributed by atoms with Crippen LogP contribution in [0.25, 0.3) is 0 Å². The molecule has 1 amide bonds. The number of carbonyl (C=O) groups excluding carboxylic acids is 1. The first kappa shape index (κ1) is 11.5. The molecule has 0 aliphatic heterocycles. The van der Waals surface area contributed by atoms with Crippen molar-refractivity contribution >= 4 is 45.0 Å². The van der Waals surface area contributed by atoms with Gasteiger partial charge in [0.05, 0.1) is 0 Å². The number of aromatic nitrogens is 1. The SMILES string of the molecule is O=C(NC(=S)Nc1ccc(Br)cn1)C1CC1. The molecule has 1 aliphatic carbocycles. The molecule has 1 aromatic heterocycles. The van der Waals surface area contributed by atoms with E-state index in [2.05, 4.69) is 31.5 Å². The molecule has 0 unspecified atom stereocenters. The fourth-order valence-electron chi connectivity index (χ4n) is 1.16. The topological polar surface area (TPSA) is 54.0 Å². The van der Waals surface area contributed by atoms with Crippen molar-refractivity contribution in [1.82, 2.24) is 10.3 Å². The van der Waals surface area contributed by atoms with Crippen molar-refractivity contribution in [2.75, 3.05) is 5.32 Å². The van der Waals surface area contributed by atoms with Crippen molar-refractivity contribution < 1.29 is 4.79 Å². The fourth-order valence-corrected chi connectivity index (χ4v) is 1.60. The number of hydrogen-bond donors (Lipinski definition) is 2. The Kier molecular flexibility index (Phi) is 3.50. The Morgan fingerprint density at radius 2 is 2.25 bits per heavy atom. The molecule has 0 saturated heterocycles. The average Bonchev–Trinajstić information content (AvgIpc) is 3.04. The number of pyridine rings is 1. The summed E-state index contributed by atoms with van der Waals surface area (Å²) in [5.41, 5.74) is 0. The van der Waals surface area contributed by atoms with E-state index in [1.165, 1.54) is 0 Å². The van der Waals surface area contributed by atoms with Crippen molar-refractivity contribution in [1.29, 1.82) is 0 Å². The van der Waals surface area contributed by atoms with Crippen molar-refractivity contribution in [3.63, 3.8) is 0 Å². The minimum absolute atomic E-state index is 0.00499. The van der Waals surface area contributed by atoms with Gasteiger partial charge in [0.2, 0.25) is 5.91 Å². The van der Waals surface area contributed by atoms with Gasteiger partial charge in [0.25, 0.3) is 0 Å². The lowest BCUT2D eigenvalue weighted by molar-refractivity contribution is -0.120. The molecule has 16 heavy (non-hydrogen) atoms. The van der Waals surface area contributed by atoms with Crippen LogP contribution in [0.2, 0.25) is 0 Å². The maximum atomic E-state index is 11.4. The van der Waals surface area contributed by atoms with E-state index in [1.54, 1.807) is 12.3 Å². The van der Waals surface area contributed by atoms with E-state index in [4.69, 9.17) is 12.2 Å². The van der Waals surface area contributed by atoms with Crippen LogP contribution in [0.15, 0.2) is 22.8 Å². The minimum Gasteiger partial charge on any atom is -0.317 e. The second-order valence-electron chi connectivity index (χ2n) is 3.58. The van der Waals surface area contributed by atoms with Gasteiger partial charge in [-0.1, -0.05) is 0 Å². The highest BCUT2D eigenvalue weighted by molar-refractivity contribution is 9.10. The largest absolute Gasteiger partial charge is 0.317 e. The van der Waals surface area contributed by atoms with Crippen molar-refractivity contribution in [3.05, 3.63) is 22.8 Å². The maximum Gasteiger partial charge on any atom is 0.229 e. The summed E-state index contributed by atoms with van der Waals surface area (Å²) >= 11 is 8.28. The van der Waals surface area contributed by atoms with E-state index in [0.717, 1.165) is 17.3 Å². The number of rotatable bonds is 2. The zero-order chi connectivity index (χ0) is 11.5. The molecule has 1 aliphatic rings. The summed E-state index contributed by atoms with van der Waals surface area (Å²) in [6, 6.07) is 3.63. The summed E-state index contributed by atoms with van der Waals surface area (Å²) in [5.74, 6) is 0.761. The predicted octanol–water partition coefficient (Wildman–Crippen LogP) is 2.07. The van der Waals surface area contributed by atoms with Crippen molar-refractivity contribution in [2.45, 2.75) is 12.8 Å². The number of carbonyl (C=O) groups is 1. The number of nitrogens with zero attached hydrogens (tertiary/aromatic N) is 1. The Bertz CT molecular complexity index is 417. The molecular formula is C10H10BrN3OS. The van der Waals surface area contributed by atoms with Crippen LogP contribution in [0, 0.1) is 5.92 Å². The molecule has 84 valence electrons. The van der Waals surface area contributed by atoms with Crippen LogP contribution in [0.1, 0.15) is 12.8 Å². The number of nitrogens with one attached hydrogen (secondary N) is 2. The van der Waals surface area contributed by atoms with Gasteiger partial charge in [-0.05, 0) is 53.1 Å². The summed E-state index contributed by atoms with van der Waals surface area (Å²) in [5, 5.41) is 5.78. The monoisotopic (exact) mass is 299 g/mol. The molecule has 0 radical (unpaired) electrons. The molecule has 4 nitrogen and oxygen atoms in total. The first-order chi connectivity index (χ1) is 7.65. The van der Waals surface area contributed by atoms with E-state index in [0.29, 0.717) is 10.9 Å². The number of halogens is 1. The molecule has 0 aromatic carbocycles. The first-order valence-electron chi connectivity index (χ1n) is 4.88. The minimum atomic E-state index is -0.00499. The van der Waals surface area contributed by atoms with Gasteiger partial charge in [-0.2, -0.15) is 0 Å². The summed E-state index contributed by atoms with van der Waals surface area (Å²) in [4.78, 5) is 15.5. The summed E-state index contributed by atoms with van der Waals surface area (Å²) in [6.45, 7) is 0. The van der Waals surface area contributed by atoms with Gasteiger partial charge in [0.1, 0.15) is 5.82 Å². The molecule has 1 fully saturated rings. The van der Waals surface area contributed by atoms with E-state index >= 15 is 0 Å². The van der Waals surface area contributed by atoms with Gasteiger partial charge < -0.3 is 10.6 Å². The van der Waals surface area contributed by atoms with Gasteiger partial charge >= 0.3 is 0 Å². The number of hydrogen-bond acceptors (Lipinski definition) is 3. The Labute approximate surface area is 107 Å². The molecule has 1 saturated carbocycles. The molecule has 2 N–H and O–H groups in total. The van der Waals surface area contributed by atoms with Gasteiger partial charge in [-0.3, -0.25) is 4.79 Å². The lowest BCUT2D eigenvalue weighted by atomic mass is 10.4. The van der Waals surface area contributed by atoms with Crippen LogP contribution in [0.3, 0.4) is 0 Å². The smallest absolute Gasteiger partial charge is 0.229 e. The van der Waals surface area contributed by atoms with Gasteiger partial charge in [0, 0.05) is 16.6 Å². The van der Waals surface area contributed by atoms with Crippen LogP contribution in [0.5, 0.6) is 0 Å². The van der Waals surface area contributed by atoms with E-state index in [9.17, 15) is 4.79 Å². The van der Waals surface area contributed by atoms with Crippen LogP contribution in [0.4, 0.5) is 5.82 Å². The lowest BCUT2D eigenvalue weighted by Crippen LogP contribution is -2.35. The zero-order valence-electron chi connectivity index (χ0n) is 8.37. The van der Waals surface area contributed by atoms with Crippen LogP contribution in [-0.4, -0.2) is 16.0 Å². The maximum absolute atomic E-state index is 11.4. The lowest BCUT2D eigenvalue weighted by Gasteiger charge is -2.07. The fraction of sp³-hybridized carbons (Fsp3) is 0.300. The van der Waals surface area contributed by atoms with Crippen molar-refractivity contribution in [3.8, 4) is 0 Å². The standard InChI is InChI=1S/C10H10BrN3OS/c11-7-3-4-8(12-5-7)13-10(16)14-9(15)6-1-2-6/h3-6H,1-2H2,(H2,12,13,14,15,16). The number of anilines is 1. The summed E-state index contributed by atoms with van der Waals surface area (Å²) in [6.07, 6.45) is 3.59. The highest BCUT2D eigenvalue weighted by atomic mass is 79.9. The second-order valence-corrected chi connectivity index (χ2v) is 4.90. The predicted molar refractivity (Wildman–Crippen MR) is 69.0 cm³/mol. The van der Waals surface area contributed by atoms with Gasteiger partial charge in [-0.15, -0.1) is 0 Å². The number of thiocarbonyl (C=S) groups is 1. The molecule has 6 heteroatoms. The third kappa shape index (κ3) is 3.24. The Morgan fingerprint density at radius 3 is 2.81 bits per heavy atom. The molecule has 0 bridgehead atoms. The molecule has 1 heterocycles. The summed E-state index contributed by atoms with van der Waals surface area (Å²) < 4.78 is 0.894. The number of amides is 1. The van der Waals surface area contributed by atoms with E-state index < -0.39 is 0 Å². The molecule has 0 spiro atoms. The molecule has 1 aromatic rings. The average molecular weight is 300 g/mol. The van der Waals surface area contributed by atoms with Gasteiger partial charge in [0.15, 0.2) is 5.11 Å². The highest BCUT2D eigenvalue weighted by Crippen LogP contribution is 2.28. The Morgan fingerprint density at radius 1 is 1.50 bits per heavy atom. The van der Waals surface area contributed by atoms with Crippen LogP contribution < -0.4 is 10.6 Å². The molecule has 2 rings (SSSR count). The Hall–Kier alpha value is -1.01. The third-order valence-corrected chi connectivity index (χ3v) is 2.83. The second kappa shape index (κ2) is 4.88. The van der Waals surface area contributed by atoms with E-state index in [1.807, 2.05) is 6.07 Å². The Balaban J connectivity index is 1.86. The highest BCUT2D eigenvalue weighted by Gasteiger charge is 2.29. The first-order valence-corrected chi connectivity index (χ1v) is 6.08. The normalized spacial score (nSPS) is 14.3. The van der Waals surface area contributed by atoms with Crippen LogP contribution in [-0.2, 0) is 4.79 Å². The summed E-state index contributed by atoms with van der Waals surface area (Å²) in [7, 11) is 0. The van der Waals surface area contributed by atoms with Gasteiger partial charge in [-0.25, -0.2) is 4.98 Å². The zero-order valence-corrected chi connectivity index (χ0v) is 10.8. The third-order valence-electron chi connectivity index (χ3n) is 2.15. The van der Waals surface area contributed by atoms with Crippen LogP contribution >= 0.6 is 28.1 Å². The molecule has 0 atom stereocenters. The van der Waals surface area contributed by atoms with E-state index in [-0.39, 0.29) is 11.8 Å². The van der Waals surface area contributed by atoms with Crippen molar-refractivity contribution in [2.24, 2.45) is 5.92 Å².